The maximum absolute atomic E-state index is 13.0. The highest BCUT2D eigenvalue weighted by atomic mass is 19.1. The average molecular weight is 230 g/mol. The number of rotatable bonds is 3. The van der Waals surface area contributed by atoms with Crippen LogP contribution in [0, 0.1) is 5.82 Å². The molecule has 0 spiro atoms. The molecule has 1 heterocycles. The highest BCUT2D eigenvalue weighted by molar-refractivity contribution is 5.43. The summed E-state index contributed by atoms with van der Waals surface area (Å²) in [7, 11) is 0. The van der Waals surface area contributed by atoms with Gasteiger partial charge < -0.3 is 5.73 Å². The predicted molar refractivity (Wildman–Crippen MR) is 67.2 cm³/mol. The van der Waals surface area contributed by atoms with E-state index in [4.69, 9.17) is 5.73 Å². The first kappa shape index (κ1) is 11.6. The number of benzene rings is 1. The third-order valence-corrected chi connectivity index (χ3v) is 2.68. The van der Waals surface area contributed by atoms with Crippen molar-refractivity contribution in [1.29, 1.82) is 0 Å². The number of anilines is 1. The number of nitrogen functional groups attached to an aromatic ring is 1. The largest absolute Gasteiger partial charge is 0.397 e. The molecule has 2 rings (SSSR count). The molecule has 0 saturated carbocycles. The van der Waals surface area contributed by atoms with Crippen LogP contribution in [0.25, 0.3) is 0 Å². The van der Waals surface area contributed by atoms with Gasteiger partial charge in [0.25, 0.3) is 0 Å². The van der Waals surface area contributed by atoms with E-state index in [1.165, 1.54) is 12.1 Å². The molecule has 0 amide bonds. The normalized spacial score (nSPS) is 10.5. The minimum atomic E-state index is -0.214. The zero-order valence-electron chi connectivity index (χ0n) is 9.78. The van der Waals surface area contributed by atoms with Gasteiger partial charge in [-0.05, 0) is 36.2 Å². The second kappa shape index (κ2) is 4.95. The van der Waals surface area contributed by atoms with E-state index in [1.54, 1.807) is 6.07 Å². The van der Waals surface area contributed by atoms with Crippen molar-refractivity contribution in [3.63, 3.8) is 0 Å². The first-order valence-electron chi connectivity index (χ1n) is 5.67. The fraction of sp³-hybridized carbons (Fsp3) is 0.214. The van der Waals surface area contributed by atoms with Crippen molar-refractivity contribution in [2.45, 2.75) is 19.8 Å². The molecule has 0 saturated heterocycles. The quantitative estimate of drug-likeness (QED) is 0.880. The summed E-state index contributed by atoms with van der Waals surface area (Å²) in [5, 5.41) is 0. The van der Waals surface area contributed by atoms with Gasteiger partial charge in [0.2, 0.25) is 0 Å². The van der Waals surface area contributed by atoms with Crippen LogP contribution in [0.3, 0.4) is 0 Å². The van der Waals surface area contributed by atoms with Gasteiger partial charge in [-0.3, -0.25) is 4.98 Å². The lowest BCUT2D eigenvalue weighted by Gasteiger charge is -2.06. The Morgan fingerprint density at radius 1 is 1.24 bits per heavy atom. The molecule has 0 fully saturated rings. The van der Waals surface area contributed by atoms with E-state index in [9.17, 15) is 4.39 Å². The molecule has 2 N–H and O–H groups in total. The Balaban J connectivity index is 2.24. The van der Waals surface area contributed by atoms with E-state index >= 15 is 0 Å². The molecule has 0 bridgehead atoms. The first-order valence-corrected chi connectivity index (χ1v) is 5.67. The van der Waals surface area contributed by atoms with Crippen LogP contribution >= 0.6 is 0 Å². The fourth-order valence-corrected chi connectivity index (χ4v) is 1.80. The molecule has 0 aliphatic carbocycles. The number of hydrogen-bond acceptors (Lipinski definition) is 2. The van der Waals surface area contributed by atoms with Crippen molar-refractivity contribution in [2.75, 3.05) is 5.73 Å². The maximum atomic E-state index is 13.0. The van der Waals surface area contributed by atoms with E-state index in [1.807, 2.05) is 25.1 Å². The van der Waals surface area contributed by atoms with Crippen LogP contribution in [0.15, 0.2) is 36.4 Å². The minimum Gasteiger partial charge on any atom is -0.397 e. The average Bonchev–Trinajstić information content (AvgIpc) is 2.32. The van der Waals surface area contributed by atoms with Gasteiger partial charge in [0.15, 0.2) is 0 Å². The number of nitrogens with two attached hydrogens (primary N) is 1. The van der Waals surface area contributed by atoms with Crippen molar-refractivity contribution in [3.05, 3.63) is 59.2 Å². The van der Waals surface area contributed by atoms with Crippen LogP contribution in [-0.4, -0.2) is 4.98 Å². The number of pyridine rings is 1. The second-order valence-corrected chi connectivity index (χ2v) is 4.00. The van der Waals surface area contributed by atoms with Crippen molar-refractivity contribution in [3.8, 4) is 0 Å². The molecule has 2 aromatic rings. The highest BCUT2D eigenvalue weighted by Crippen LogP contribution is 2.14. The van der Waals surface area contributed by atoms with Crippen molar-refractivity contribution < 1.29 is 4.39 Å². The summed E-state index contributed by atoms with van der Waals surface area (Å²) in [4.78, 5) is 4.47. The van der Waals surface area contributed by atoms with Gasteiger partial charge in [-0.25, -0.2) is 4.39 Å². The number of hydrogen-bond donors (Lipinski definition) is 1. The summed E-state index contributed by atoms with van der Waals surface area (Å²) < 4.78 is 13.0. The van der Waals surface area contributed by atoms with E-state index in [0.717, 1.165) is 29.1 Å². The molecule has 0 aliphatic heterocycles. The summed E-state index contributed by atoms with van der Waals surface area (Å²) in [6.07, 6.45) is 1.44. The molecule has 17 heavy (non-hydrogen) atoms. The van der Waals surface area contributed by atoms with E-state index in [-0.39, 0.29) is 5.82 Å². The smallest absolute Gasteiger partial charge is 0.123 e. The molecular weight excluding hydrogens is 215 g/mol. The van der Waals surface area contributed by atoms with Gasteiger partial charge in [0, 0.05) is 12.1 Å². The molecule has 0 atom stereocenters. The lowest BCUT2D eigenvalue weighted by molar-refractivity contribution is 0.626. The monoisotopic (exact) mass is 230 g/mol. The van der Waals surface area contributed by atoms with Crippen molar-refractivity contribution >= 4 is 5.69 Å². The SMILES string of the molecule is CCc1nc(Cc2cccc(F)c2)ccc1N. The van der Waals surface area contributed by atoms with Crippen LogP contribution in [0.4, 0.5) is 10.1 Å². The zero-order valence-corrected chi connectivity index (χ0v) is 9.78. The van der Waals surface area contributed by atoms with Gasteiger partial charge >= 0.3 is 0 Å². The maximum Gasteiger partial charge on any atom is 0.123 e. The Bertz CT molecular complexity index is 523. The van der Waals surface area contributed by atoms with Gasteiger partial charge in [-0.15, -0.1) is 0 Å². The van der Waals surface area contributed by atoms with Gasteiger partial charge in [0.1, 0.15) is 5.82 Å². The third-order valence-electron chi connectivity index (χ3n) is 2.68. The molecule has 1 aromatic heterocycles. The van der Waals surface area contributed by atoms with Crippen molar-refractivity contribution in [1.82, 2.24) is 4.98 Å². The number of aromatic nitrogens is 1. The summed E-state index contributed by atoms with van der Waals surface area (Å²) in [6.45, 7) is 2.02. The Hall–Kier alpha value is -1.90. The number of nitrogens with zero attached hydrogens (tertiary/aromatic N) is 1. The summed E-state index contributed by atoms with van der Waals surface area (Å²) in [5.41, 5.74) is 9.25. The van der Waals surface area contributed by atoms with Crippen LogP contribution in [0.2, 0.25) is 0 Å². The molecule has 88 valence electrons. The molecular formula is C14H15FN2. The summed E-state index contributed by atoms with van der Waals surface area (Å²) in [6, 6.07) is 10.3. The zero-order chi connectivity index (χ0) is 12.3. The van der Waals surface area contributed by atoms with E-state index in [2.05, 4.69) is 4.98 Å². The van der Waals surface area contributed by atoms with Crippen LogP contribution in [0.1, 0.15) is 23.9 Å². The van der Waals surface area contributed by atoms with E-state index < -0.39 is 0 Å². The first-order chi connectivity index (χ1) is 8.19. The molecule has 0 aliphatic rings. The van der Waals surface area contributed by atoms with Gasteiger partial charge in [-0.2, -0.15) is 0 Å². The Morgan fingerprint density at radius 2 is 2.06 bits per heavy atom. The third kappa shape index (κ3) is 2.81. The Kier molecular flexibility index (Phi) is 3.38. The Morgan fingerprint density at radius 3 is 2.76 bits per heavy atom. The van der Waals surface area contributed by atoms with Crippen LogP contribution in [-0.2, 0) is 12.8 Å². The Labute approximate surface area is 100 Å². The van der Waals surface area contributed by atoms with Crippen LogP contribution in [0.5, 0.6) is 0 Å². The molecule has 0 radical (unpaired) electrons. The molecule has 0 unspecified atom stereocenters. The lowest BCUT2D eigenvalue weighted by atomic mass is 10.1. The van der Waals surface area contributed by atoms with Crippen molar-refractivity contribution in [2.24, 2.45) is 0 Å². The van der Waals surface area contributed by atoms with Gasteiger partial charge in [-0.1, -0.05) is 19.1 Å². The summed E-state index contributed by atoms with van der Waals surface area (Å²) >= 11 is 0. The summed E-state index contributed by atoms with van der Waals surface area (Å²) in [5.74, 6) is -0.214. The number of aryl methyl sites for hydroxylation is 1. The second-order valence-electron chi connectivity index (χ2n) is 4.00. The molecule has 1 aromatic carbocycles. The van der Waals surface area contributed by atoms with Crippen LogP contribution < -0.4 is 5.73 Å². The lowest BCUT2D eigenvalue weighted by Crippen LogP contribution is -2.01. The minimum absolute atomic E-state index is 0.214. The fourth-order valence-electron chi connectivity index (χ4n) is 1.80. The predicted octanol–water partition coefficient (Wildman–Crippen LogP) is 2.96. The molecule has 3 heteroatoms. The molecule has 2 nitrogen and oxygen atoms in total. The standard InChI is InChI=1S/C14H15FN2/c1-2-14-13(16)7-6-12(17-14)9-10-4-3-5-11(15)8-10/h3-8H,2,9,16H2,1H3. The number of halogens is 1. The highest BCUT2D eigenvalue weighted by Gasteiger charge is 2.03. The van der Waals surface area contributed by atoms with Gasteiger partial charge in [0.05, 0.1) is 11.4 Å². The topological polar surface area (TPSA) is 38.9 Å². The van der Waals surface area contributed by atoms with E-state index in [0.29, 0.717) is 6.42 Å².